The lowest BCUT2D eigenvalue weighted by Gasteiger charge is -2.60. The number of aliphatic hydroxyl groups is 1. The predicted molar refractivity (Wildman–Crippen MR) is 62.6 cm³/mol. The molecule has 0 amide bonds. The molecule has 4 rings (SSSR count). The van der Waals surface area contributed by atoms with E-state index in [9.17, 15) is 27.1 Å². The van der Waals surface area contributed by atoms with Gasteiger partial charge in [-0.15, -0.1) is 0 Å². The van der Waals surface area contributed by atoms with Gasteiger partial charge in [0.05, 0.1) is 0 Å². The molecule has 0 aromatic heterocycles. The highest BCUT2D eigenvalue weighted by Gasteiger charge is 2.88. The minimum absolute atomic E-state index is 0.0212. The SMILES string of the molecule is O=C(OC1C2CC3(CO)CC34CC1C24)C(F)(F)S(=O)(=O)O. The van der Waals surface area contributed by atoms with Crippen LogP contribution < -0.4 is 0 Å². The smallest absolute Gasteiger partial charge is 0.456 e. The van der Waals surface area contributed by atoms with Crippen LogP contribution >= 0.6 is 0 Å². The number of ether oxygens (including phenoxy) is 1. The molecule has 0 aromatic carbocycles. The van der Waals surface area contributed by atoms with Gasteiger partial charge in [-0.2, -0.15) is 17.2 Å². The van der Waals surface area contributed by atoms with Crippen LogP contribution in [-0.2, 0) is 19.6 Å². The monoisotopic (exact) mass is 324 g/mol. The summed E-state index contributed by atoms with van der Waals surface area (Å²) in [6.45, 7) is 0.0502. The Morgan fingerprint density at radius 2 is 1.95 bits per heavy atom. The number of carbonyl (C=O) groups excluding carboxylic acids is 1. The molecular formula is C12H14F2O6S. The van der Waals surface area contributed by atoms with Gasteiger partial charge >= 0.3 is 21.3 Å². The first kappa shape index (κ1) is 13.8. The van der Waals surface area contributed by atoms with Crippen molar-refractivity contribution in [1.82, 2.24) is 0 Å². The third-order valence-corrected chi connectivity index (χ3v) is 7.14. The summed E-state index contributed by atoms with van der Waals surface area (Å²) < 4.78 is 60.5. The number of hydrogen-bond acceptors (Lipinski definition) is 5. The van der Waals surface area contributed by atoms with E-state index >= 15 is 0 Å². The average Bonchev–Trinajstić information content (AvgIpc) is 2.99. The largest absolute Gasteiger partial charge is 0.465 e. The van der Waals surface area contributed by atoms with E-state index in [1.165, 1.54) is 0 Å². The van der Waals surface area contributed by atoms with Gasteiger partial charge in [0.15, 0.2) is 0 Å². The first-order valence-electron chi connectivity index (χ1n) is 6.76. The number of rotatable bonds is 4. The highest BCUT2D eigenvalue weighted by molar-refractivity contribution is 7.87. The molecule has 6 unspecified atom stereocenters. The molecule has 0 bridgehead atoms. The van der Waals surface area contributed by atoms with Gasteiger partial charge in [0.1, 0.15) is 6.10 Å². The van der Waals surface area contributed by atoms with E-state index in [0.29, 0.717) is 12.3 Å². The highest BCUT2D eigenvalue weighted by Crippen LogP contribution is 2.91. The Bertz CT molecular complexity index is 646. The normalized spacial score (nSPS) is 49.5. The lowest BCUT2D eigenvalue weighted by Crippen LogP contribution is -2.62. The highest BCUT2D eigenvalue weighted by atomic mass is 32.2. The summed E-state index contributed by atoms with van der Waals surface area (Å²) in [5.41, 5.74) is -0.0445. The first-order chi connectivity index (χ1) is 9.60. The van der Waals surface area contributed by atoms with E-state index in [1.807, 2.05) is 0 Å². The molecule has 4 aliphatic rings. The van der Waals surface area contributed by atoms with Crippen molar-refractivity contribution in [3.63, 3.8) is 0 Å². The van der Waals surface area contributed by atoms with Gasteiger partial charge in [0.25, 0.3) is 0 Å². The fourth-order valence-corrected chi connectivity index (χ4v) is 5.66. The molecule has 2 N–H and O–H groups in total. The van der Waals surface area contributed by atoms with Gasteiger partial charge in [-0.3, -0.25) is 4.55 Å². The maximum absolute atomic E-state index is 13.2. The second-order valence-corrected chi connectivity index (χ2v) is 8.36. The first-order valence-corrected chi connectivity index (χ1v) is 8.20. The molecule has 0 aromatic rings. The van der Waals surface area contributed by atoms with Crippen LogP contribution in [0.5, 0.6) is 0 Å². The molecule has 0 radical (unpaired) electrons. The predicted octanol–water partition coefficient (Wildman–Crippen LogP) is 0.417. The molecule has 21 heavy (non-hydrogen) atoms. The Morgan fingerprint density at radius 1 is 1.33 bits per heavy atom. The Balaban J connectivity index is 1.49. The van der Waals surface area contributed by atoms with Crippen molar-refractivity contribution in [2.45, 2.75) is 30.6 Å². The molecule has 4 fully saturated rings. The lowest BCUT2D eigenvalue weighted by atomic mass is 9.46. The Labute approximate surface area is 119 Å². The molecule has 0 heterocycles. The van der Waals surface area contributed by atoms with E-state index in [4.69, 9.17) is 4.55 Å². The van der Waals surface area contributed by atoms with Crippen molar-refractivity contribution in [1.29, 1.82) is 0 Å². The van der Waals surface area contributed by atoms with Crippen molar-refractivity contribution >= 4 is 16.1 Å². The maximum Gasteiger partial charge on any atom is 0.465 e. The minimum Gasteiger partial charge on any atom is -0.456 e. The van der Waals surface area contributed by atoms with Gasteiger partial charge < -0.3 is 9.84 Å². The van der Waals surface area contributed by atoms with Gasteiger partial charge in [-0.1, -0.05) is 0 Å². The van der Waals surface area contributed by atoms with Crippen LogP contribution in [0.3, 0.4) is 0 Å². The topological polar surface area (TPSA) is 101 Å². The zero-order valence-corrected chi connectivity index (χ0v) is 11.6. The number of esters is 1. The number of halogens is 2. The van der Waals surface area contributed by atoms with E-state index in [-0.39, 0.29) is 29.3 Å². The summed E-state index contributed by atoms with van der Waals surface area (Å²) in [5, 5.41) is 4.55. The number of carbonyl (C=O) groups is 1. The van der Waals surface area contributed by atoms with E-state index in [1.54, 1.807) is 0 Å². The molecule has 6 atom stereocenters. The average molecular weight is 324 g/mol. The summed E-state index contributed by atoms with van der Waals surface area (Å²) in [5.74, 6) is -2.02. The number of hydrogen-bond donors (Lipinski definition) is 2. The van der Waals surface area contributed by atoms with Crippen molar-refractivity contribution in [3.05, 3.63) is 0 Å². The molecule has 1 spiro atoms. The van der Waals surface area contributed by atoms with E-state index < -0.39 is 27.4 Å². The van der Waals surface area contributed by atoms with Crippen LogP contribution in [-0.4, -0.2) is 42.0 Å². The Hall–Kier alpha value is -0.800. The summed E-state index contributed by atoms with van der Waals surface area (Å²) in [6, 6.07) is 0. The third kappa shape index (κ3) is 1.30. The summed E-state index contributed by atoms with van der Waals surface area (Å²) >= 11 is 0. The molecular weight excluding hydrogens is 310 g/mol. The second-order valence-electron chi connectivity index (χ2n) is 6.89. The molecule has 9 heteroatoms. The third-order valence-electron chi connectivity index (χ3n) is 6.32. The second kappa shape index (κ2) is 3.41. The molecule has 4 saturated carbocycles. The van der Waals surface area contributed by atoms with Gasteiger partial charge in [0.2, 0.25) is 0 Å². The number of aliphatic hydroxyl groups excluding tert-OH is 1. The lowest BCUT2D eigenvalue weighted by molar-refractivity contribution is -0.223. The van der Waals surface area contributed by atoms with Crippen LogP contribution in [0.2, 0.25) is 0 Å². The summed E-state index contributed by atoms with van der Waals surface area (Å²) in [4.78, 5) is 11.3. The van der Waals surface area contributed by atoms with Crippen LogP contribution in [0.4, 0.5) is 8.78 Å². The van der Waals surface area contributed by atoms with Gasteiger partial charge in [-0.25, -0.2) is 4.79 Å². The fraction of sp³-hybridized carbons (Fsp3) is 0.917. The maximum atomic E-state index is 13.2. The molecule has 118 valence electrons. The van der Waals surface area contributed by atoms with Crippen molar-refractivity contribution in [2.24, 2.45) is 28.6 Å². The molecule has 0 saturated heterocycles. The van der Waals surface area contributed by atoms with Crippen molar-refractivity contribution in [3.8, 4) is 0 Å². The van der Waals surface area contributed by atoms with E-state index in [2.05, 4.69) is 4.74 Å². The van der Waals surface area contributed by atoms with Crippen LogP contribution in [0.15, 0.2) is 0 Å². The van der Waals surface area contributed by atoms with Crippen molar-refractivity contribution < 1.29 is 36.4 Å². The van der Waals surface area contributed by atoms with Crippen LogP contribution in [0, 0.1) is 28.6 Å². The molecule has 6 nitrogen and oxygen atoms in total. The minimum atomic E-state index is -5.83. The Morgan fingerprint density at radius 3 is 2.52 bits per heavy atom. The Kier molecular flexibility index (Phi) is 2.25. The van der Waals surface area contributed by atoms with Crippen LogP contribution in [0.25, 0.3) is 0 Å². The van der Waals surface area contributed by atoms with Crippen LogP contribution in [0.1, 0.15) is 19.3 Å². The zero-order chi connectivity index (χ0) is 15.4. The van der Waals surface area contributed by atoms with Gasteiger partial charge in [0, 0.05) is 23.9 Å². The summed E-state index contributed by atoms with van der Waals surface area (Å²) in [6.07, 6.45) is 1.57. The number of alkyl halides is 2. The molecule has 4 aliphatic carbocycles. The summed E-state index contributed by atoms with van der Waals surface area (Å²) in [7, 11) is -5.83. The van der Waals surface area contributed by atoms with E-state index in [0.717, 1.165) is 12.8 Å². The standard InChI is InChI=1S/C12H14F2O6S/c13-12(14,21(17,18)19)9(16)20-8-5-1-10(4-15)3-11(10)2-6(8)7(5)11/h5-8,15H,1-4H2,(H,17,18,19). The fourth-order valence-electron chi connectivity index (χ4n) is 5.40. The van der Waals surface area contributed by atoms with Crippen molar-refractivity contribution in [2.75, 3.05) is 6.61 Å². The van der Waals surface area contributed by atoms with Gasteiger partial charge in [-0.05, 0) is 30.6 Å². The zero-order valence-electron chi connectivity index (χ0n) is 10.8. The molecule has 0 aliphatic heterocycles. The quantitative estimate of drug-likeness (QED) is 0.574.